The summed E-state index contributed by atoms with van der Waals surface area (Å²) in [7, 11) is 1.55. The number of carbonyl (C=O) groups is 1. The lowest BCUT2D eigenvalue weighted by Crippen LogP contribution is -2.42. The highest BCUT2D eigenvalue weighted by Crippen LogP contribution is 2.37. The van der Waals surface area contributed by atoms with E-state index in [1.165, 1.54) is 0 Å². The minimum absolute atomic E-state index is 0.0923. The monoisotopic (exact) mass is 399 g/mol. The molecule has 1 aliphatic rings. The highest BCUT2D eigenvalue weighted by molar-refractivity contribution is 6.02. The SMILES string of the molecule is COc1cc(N2CCC(C)(Oc3ccc(C)cc3)C2=O)ccc1OCC(C)(C)O. The zero-order valence-electron chi connectivity index (χ0n) is 17.7. The Balaban J connectivity index is 1.77. The van der Waals surface area contributed by atoms with Gasteiger partial charge in [-0.2, -0.15) is 0 Å². The first-order valence-corrected chi connectivity index (χ1v) is 9.72. The van der Waals surface area contributed by atoms with Crippen LogP contribution in [-0.2, 0) is 4.79 Å². The predicted molar refractivity (Wildman–Crippen MR) is 112 cm³/mol. The fraction of sp³-hybridized carbons (Fsp3) is 0.435. The molecule has 1 fully saturated rings. The number of rotatable bonds is 7. The van der Waals surface area contributed by atoms with E-state index in [2.05, 4.69) is 0 Å². The number of nitrogens with zero attached hydrogens (tertiary/aromatic N) is 1. The van der Waals surface area contributed by atoms with E-state index in [0.717, 1.165) is 11.3 Å². The van der Waals surface area contributed by atoms with Crippen LogP contribution in [0.5, 0.6) is 17.2 Å². The van der Waals surface area contributed by atoms with Crippen LogP contribution in [0.1, 0.15) is 32.8 Å². The Labute approximate surface area is 172 Å². The second kappa shape index (κ2) is 7.95. The first-order chi connectivity index (χ1) is 13.6. The summed E-state index contributed by atoms with van der Waals surface area (Å²) < 4.78 is 17.2. The highest BCUT2D eigenvalue weighted by Gasteiger charge is 2.45. The molecule has 1 heterocycles. The van der Waals surface area contributed by atoms with Crippen LogP contribution in [-0.4, -0.2) is 42.5 Å². The fourth-order valence-electron chi connectivity index (χ4n) is 3.22. The van der Waals surface area contributed by atoms with E-state index in [1.54, 1.807) is 38.0 Å². The maximum atomic E-state index is 13.1. The molecule has 0 bridgehead atoms. The Bertz CT molecular complexity index is 872. The summed E-state index contributed by atoms with van der Waals surface area (Å²) in [5.41, 5.74) is -0.0120. The highest BCUT2D eigenvalue weighted by atomic mass is 16.5. The van der Waals surface area contributed by atoms with Gasteiger partial charge in [-0.25, -0.2) is 0 Å². The molecule has 0 radical (unpaired) electrons. The fourth-order valence-corrected chi connectivity index (χ4v) is 3.22. The molecule has 1 amide bonds. The molecule has 1 N–H and O–H groups in total. The maximum Gasteiger partial charge on any atom is 0.270 e. The average molecular weight is 399 g/mol. The Kier molecular flexibility index (Phi) is 5.75. The van der Waals surface area contributed by atoms with Crippen molar-refractivity contribution in [2.75, 3.05) is 25.2 Å². The molecule has 29 heavy (non-hydrogen) atoms. The van der Waals surface area contributed by atoms with Crippen LogP contribution in [0.2, 0.25) is 0 Å². The third kappa shape index (κ3) is 4.82. The number of ether oxygens (including phenoxy) is 3. The van der Waals surface area contributed by atoms with Gasteiger partial charge in [-0.15, -0.1) is 0 Å². The van der Waals surface area contributed by atoms with Gasteiger partial charge >= 0.3 is 0 Å². The molecular formula is C23H29NO5. The number of benzene rings is 2. The van der Waals surface area contributed by atoms with Crippen LogP contribution < -0.4 is 19.1 Å². The van der Waals surface area contributed by atoms with Gasteiger partial charge in [-0.05, 0) is 52.0 Å². The van der Waals surface area contributed by atoms with E-state index >= 15 is 0 Å². The number of hydrogen-bond acceptors (Lipinski definition) is 5. The molecule has 2 aromatic carbocycles. The van der Waals surface area contributed by atoms with Crippen molar-refractivity contribution >= 4 is 11.6 Å². The molecule has 3 rings (SSSR count). The quantitative estimate of drug-likeness (QED) is 0.768. The molecule has 1 unspecified atom stereocenters. The summed E-state index contributed by atoms with van der Waals surface area (Å²) >= 11 is 0. The van der Waals surface area contributed by atoms with Crippen molar-refractivity contribution in [3.63, 3.8) is 0 Å². The van der Waals surface area contributed by atoms with Crippen LogP contribution in [0, 0.1) is 6.92 Å². The van der Waals surface area contributed by atoms with Crippen molar-refractivity contribution in [2.45, 2.75) is 45.3 Å². The molecule has 0 aliphatic carbocycles. The standard InChI is InChI=1S/C23H29NO5/c1-16-6-9-18(10-7-16)29-23(4)12-13-24(21(23)25)17-8-11-19(20(14-17)27-5)28-15-22(2,3)26/h6-11,14,26H,12-13,15H2,1-5H3. The Hall–Kier alpha value is -2.73. The summed E-state index contributed by atoms with van der Waals surface area (Å²) in [6, 6.07) is 13.0. The molecule has 1 atom stereocenters. The van der Waals surface area contributed by atoms with Gasteiger partial charge in [0.25, 0.3) is 5.91 Å². The van der Waals surface area contributed by atoms with Gasteiger partial charge in [0.05, 0.1) is 12.7 Å². The second-order valence-corrected chi connectivity index (χ2v) is 8.29. The van der Waals surface area contributed by atoms with Gasteiger partial charge in [0, 0.05) is 24.7 Å². The summed E-state index contributed by atoms with van der Waals surface area (Å²) in [4.78, 5) is 14.8. The first kappa shape index (κ1) is 21.0. The van der Waals surface area contributed by atoms with Gasteiger partial charge in [-0.3, -0.25) is 4.79 Å². The largest absolute Gasteiger partial charge is 0.493 e. The van der Waals surface area contributed by atoms with E-state index in [0.29, 0.717) is 30.2 Å². The molecule has 1 aliphatic heterocycles. The molecule has 156 valence electrons. The number of carbonyl (C=O) groups excluding carboxylic acids is 1. The van der Waals surface area contributed by atoms with E-state index in [-0.39, 0.29) is 12.5 Å². The van der Waals surface area contributed by atoms with Crippen LogP contribution >= 0.6 is 0 Å². The zero-order chi connectivity index (χ0) is 21.2. The molecule has 2 aromatic rings. The van der Waals surface area contributed by atoms with Crippen molar-refractivity contribution in [1.82, 2.24) is 0 Å². The molecule has 6 heteroatoms. The summed E-state index contributed by atoms with van der Waals surface area (Å²) in [5, 5.41) is 9.87. The smallest absolute Gasteiger partial charge is 0.270 e. The number of aliphatic hydroxyl groups is 1. The summed E-state index contributed by atoms with van der Waals surface area (Å²) in [6.45, 7) is 7.86. The summed E-state index contributed by atoms with van der Waals surface area (Å²) in [6.07, 6.45) is 0.582. The number of methoxy groups -OCH3 is 1. The van der Waals surface area contributed by atoms with Crippen LogP contribution in [0.4, 0.5) is 5.69 Å². The minimum atomic E-state index is -0.955. The van der Waals surface area contributed by atoms with Crippen LogP contribution in [0.3, 0.4) is 0 Å². The first-order valence-electron chi connectivity index (χ1n) is 9.72. The van der Waals surface area contributed by atoms with Crippen molar-refractivity contribution in [3.05, 3.63) is 48.0 Å². The zero-order valence-corrected chi connectivity index (χ0v) is 17.7. The molecule has 6 nitrogen and oxygen atoms in total. The maximum absolute atomic E-state index is 13.1. The molecule has 0 aromatic heterocycles. The number of aryl methyl sites for hydroxylation is 1. The van der Waals surface area contributed by atoms with Crippen molar-refractivity contribution < 1.29 is 24.1 Å². The van der Waals surface area contributed by atoms with Gasteiger partial charge in [0.15, 0.2) is 17.1 Å². The molecule has 1 saturated heterocycles. The van der Waals surface area contributed by atoms with Gasteiger partial charge in [-0.1, -0.05) is 17.7 Å². The van der Waals surface area contributed by atoms with Gasteiger partial charge in [0.2, 0.25) is 0 Å². The summed E-state index contributed by atoms with van der Waals surface area (Å²) in [5.74, 6) is 1.61. The Morgan fingerprint density at radius 1 is 1.14 bits per heavy atom. The lowest BCUT2D eigenvalue weighted by Gasteiger charge is -2.25. The average Bonchev–Trinajstić information content (AvgIpc) is 2.96. The van der Waals surface area contributed by atoms with Crippen molar-refractivity contribution in [3.8, 4) is 17.2 Å². The van der Waals surface area contributed by atoms with Crippen LogP contribution in [0.15, 0.2) is 42.5 Å². The Morgan fingerprint density at radius 2 is 1.83 bits per heavy atom. The lowest BCUT2D eigenvalue weighted by molar-refractivity contribution is -0.129. The molecule has 0 spiro atoms. The number of amides is 1. The van der Waals surface area contributed by atoms with Gasteiger partial charge < -0.3 is 24.2 Å². The third-order valence-electron chi connectivity index (χ3n) is 4.91. The number of hydrogen-bond donors (Lipinski definition) is 1. The van der Waals surface area contributed by atoms with E-state index in [4.69, 9.17) is 14.2 Å². The number of anilines is 1. The van der Waals surface area contributed by atoms with Crippen molar-refractivity contribution in [2.24, 2.45) is 0 Å². The Morgan fingerprint density at radius 3 is 2.45 bits per heavy atom. The van der Waals surface area contributed by atoms with E-state index in [9.17, 15) is 9.90 Å². The predicted octanol–water partition coefficient (Wildman–Crippen LogP) is 3.73. The topological polar surface area (TPSA) is 68.2 Å². The lowest BCUT2D eigenvalue weighted by atomic mass is 10.1. The van der Waals surface area contributed by atoms with E-state index < -0.39 is 11.2 Å². The third-order valence-corrected chi connectivity index (χ3v) is 4.91. The van der Waals surface area contributed by atoms with Crippen molar-refractivity contribution in [1.29, 1.82) is 0 Å². The molecular weight excluding hydrogens is 370 g/mol. The molecule has 0 saturated carbocycles. The normalized spacial score (nSPS) is 19.4. The second-order valence-electron chi connectivity index (χ2n) is 8.29. The van der Waals surface area contributed by atoms with Gasteiger partial charge in [0.1, 0.15) is 12.4 Å². The minimum Gasteiger partial charge on any atom is -0.493 e. The van der Waals surface area contributed by atoms with Crippen LogP contribution in [0.25, 0.3) is 0 Å². The van der Waals surface area contributed by atoms with E-state index in [1.807, 2.05) is 44.2 Å².